The Labute approximate surface area is 357 Å². The van der Waals surface area contributed by atoms with Crippen molar-refractivity contribution >= 4 is 73.8 Å². The zero-order valence-electron chi connectivity index (χ0n) is 36.6. The average Bonchev–Trinajstić information content (AvgIpc) is 3.60. The largest absolute Gasteiger partial charge is 0.496 e. The highest BCUT2D eigenvalue weighted by Gasteiger charge is 2.60. The molecule has 1 spiro atoms. The number of methoxy groups -OCH3 is 2. The molecule has 19 heteroatoms. The molecule has 1 aromatic heterocycles. The quantitative estimate of drug-likeness (QED) is 0.135. The first kappa shape index (κ1) is 52.3. The summed E-state index contributed by atoms with van der Waals surface area (Å²) in [6.45, 7) is 18.7. The number of benzene rings is 2. The number of piperidine rings is 1. The van der Waals surface area contributed by atoms with E-state index < -0.39 is 76.2 Å². The third kappa shape index (κ3) is 10.9. The summed E-state index contributed by atoms with van der Waals surface area (Å²) in [7, 11) is 34.0. The van der Waals surface area contributed by atoms with Gasteiger partial charge in [-0.3, -0.25) is 9.36 Å². The van der Waals surface area contributed by atoms with Gasteiger partial charge in [-0.25, -0.2) is 18.4 Å². The van der Waals surface area contributed by atoms with Crippen molar-refractivity contribution < 1.29 is 50.5 Å². The summed E-state index contributed by atoms with van der Waals surface area (Å²) in [5.74, 6) is -6.42. The lowest BCUT2D eigenvalue weighted by Crippen LogP contribution is -2.60. The van der Waals surface area contributed by atoms with Crippen molar-refractivity contribution in [1.29, 1.82) is 0 Å². The van der Waals surface area contributed by atoms with Gasteiger partial charge in [-0.15, -0.1) is 0 Å². The van der Waals surface area contributed by atoms with Crippen molar-refractivity contribution in [1.82, 2.24) is 9.47 Å². The van der Waals surface area contributed by atoms with Crippen molar-refractivity contribution in [3.63, 3.8) is 0 Å². The summed E-state index contributed by atoms with van der Waals surface area (Å²) in [4.78, 5) is 40.3. The number of amides is 1. The minimum Gasteiger partial charge on any atom is -0.496 e. The van der Waals surface area contributed by atoms with Gasteiger partial charge >= 0.3 is 24.1 Å². The third-order valence-corrected chi connectivity index (χ3v) is 9.85. The first-order valence-corrected chi connectivity index (χ1v) is 19.8. The summed E-state index contributed by atoms with van der Waals surface area (Å²) in [5.41, 5.74) is -1.96. The Hall–Kier alpha value is -3.88. The van der Waals surface area contributed by atoms with Crippen LogP contribution in [0.5, 0.6) is 5.75 Å². The molecule has 5 rings (SSSR count). The van der Waals surface area contributed by atoms with Crippen molar-refractivity contribution in [3.05, 3.63) is 58.8 Å². The van der Waals surface area contributed by atoms with Crippen LogP contribution in [0.3, 0.4) is 0 Å². The Balaban J connectivity index is 0.00000198. The molecule has 1 atom stereocenters. The molecule has 9 nitrogen and oxygen atoms in total. The number of aromatic nitrogens is 1. The van der Waals surface area contributed by atoms with E-state index in [1.54, 1.807) is 39.8 Å². The number of esters is 1. The van der Waals surface area contributed by atoms with Crippen molar-refractivity contribution in [2.45, 2.75) is 129 Å². The number of alkyl halides is 5. The maximum Gasteiger partial charge on any atom is 0.471 e. The number of likely N-dealkylation sites (tertiary alicyclic amines) is 1. The second-order valence-corrected chi connectivity index (χ2v) is 15.2. The maximum atomic E-state index is 14.6. The highest BCUT2D eigenvalue weighted by atomic mass is 19.4. The lowest BCUT2D eigenvalue weighted by Gasteiger charge is -2.58. The van der Waals surface area contributed by atoms with E-state index in [1.807, 2.05) is 41.5 Å². The fraction of sp³-hybridized carbons (Fsp3) is 0.585. The maximum absolute atomic E-state index is 14.6. The van der Waals surface area contributed by atoms with Crippen LogP contribution in [0.25, 0.3) is 10.9 Å². The molecule has 2 aromatic carbocycles. The molecule has 0 bridgehead atoms. The molecule has 0 N–H and O–H groups in total. The molecule has 1 saturated heterocycles. The minimum atomic E-state index is -5.57. The van der Waals surface area contributed by atoms with E-state index in [0.29, 0.717) is 16.5 Å². The van der Waals surface area contributed by atoms with E-state index in [2.05, 4.69) is 0 Å². The summed E-state index contributed by atoms with van der Waals surface area (Å²) < 4.78 is 89.0. The number of anilines is 1. The van der Waals surface area contributed by atoms with Crippen LogP contribution in [0.15, 0.2) is 36.5 Å². The van der Waals surface area contributed by atoms with Crippen LogP contribution in [-0.2, 0) is 19.6 Å². The van der Waals surface area contributed by atoms with Crippen LogP contribution in [0.1, 0.15) is 121 Å². The molecule has 10 radical (unpaired) electrons. The zero-order chi connectivity index (χ0) is 46.6. The van der Waals surface area contributed by atoms with E-state index in [1.165, 1.54) is 34.9 Å². The number of halogens is 5. The van der Waals surface area contributed by atoms with Crippen LogP contribution < -0.4 is 9.64 Å². The standard InChI is InChI=1S/C35H35B5F5N3O6.3C2H6/c1-18-13-24(52-5)25(21-9-11-46(26(18)21)29(51)54-30(2,3)4)33(36,37)47-12-10-31(16-32(41,42)17-31)15-23(47)20-8-7-19(27(49)53-6)14-22(20)48(35(38,39)40)28(50)34(43,44)45;3*1-2/h7-9,11,13-14,23H,10,12,15-17H2,1-6H3;3*1-2H3. The van der Waals surface area contributed by atoms with Gasteiger partial charge in [0.15, 0.2) is 0 Å². The van der Waals surface area contributed by atoms with Gasteiger partial charge < -0.3 is 24.0 Å². The fourth-order valence-corrected chi connectivity index (χ4v) is 7.80. The van der Waals surface area contributed by atoms with Gasteiger partial charge in [-0.1, -0.05) is 52.8 Å². The molecule has 318 valence electrons. The number of carbonyl (C=O) groups is 3. The minimum absolute atomic E-state index is 0.0938. The number of fused-ring (bicyclic) bond motifs is 1. The normalized spacial score (nSPS) is 17.3. The van der Waals surface area contributed by atoms with Gasteiger partial charge in [0.2, 0.25) is 5.92 Å². The van der Waals surface area contributed by atoms with Crippen LogP contribution in [0.2, 0.25) is 0 Å². The van der Waals surface area contributed by atoms with Crippen LogP contribution >= 0.6 is 0 Å². The Morgan fingerprint density at radius 2 is 1.45 bits per heavy atom. The van der Waals surface area contributed by atoms with Gasteiger partial charge in [0.1, 0.15) is 11.4 Å². The Bertz CT molecular complexity index is 1990. The Morgan fingerprint density at radius 1 is 0.883 bits per heavy atom. The number of ether oxygens (including phenoxy) is 3. The molecule has 2 fully saturated rings. The summed E-state index contributed by atoms with van der Waals surface area (Å²) in [6.07, 6.45) is -5.92. The van der Waals surface area contributed by atoms with E-state index in [0.717, 1.165) is 13.2 Å². The first-order chi connectivity index (χ1) is 27.7. The number of aryl methyl sites for hydroxylation is 1. The van der Waals surface area contributed by atoms with Gasteiger partial charge in [0.25, 0.3) is 0 Å². The van der Waals surface area contributed by atoms with Crippen LogP contribution in [-0.4, -0.2) is 110 Å². The van der Waals surface area contributed by atoms with Crippen LogP contribution in [0.4, 0.5) is 32.4 Å². The third-order valence-electron chi connectivity index (χ3n) is 9.85. The second-order valence-electron chi connectivity index (χ2n) is 15.2. The summed E-state index contributed by atoms with van der Waals surface area (Å²) in [5, 5.41) is -4.79. The molecular weight excluding hydrogens is 780 g/mol. The number of carbonyl (C=O) groups excluding carboxylic acids is 3. The lowest BCUT2D eigenvalue weighted by molar-refractivity contribution is -0.187. The smallest absolute Gasteiger partial charge is 0.471 e. The molecule has 3 aromatic rings. The molecule has 60 heavy (non-hydrogen) atoms. The van der Waals surface area contributed by atoms with Crippen molar-refractivity contribution in [2.75, 3.05) is 25.7 Å². The van der Waals surface area contributed by atoms with Gasteiger partial charge in [-0.2, -0.15) is 13.2 Å². The molecule has 2 heterocycles. The SMILES string of the molecule is CC.CC.CC.[B]C([B])([B])N(C(=O)C(F)(F)F)c1cc(C(=O)OC)ccc1C1CC2(CCN1C([B])([B])c1c(OC)cc(C)c3c1ccn3C(=O)OC(C)(C)C)CC(F)(F)C2. The monoisotopic (exact) mass is 833 g/mol. The first-order valence-electron chi connectivity index (χ1n) is 19.8. The van der Waals surface area contributed by atoms with E-state index in [4.69, 9.17) is 53.4 Å². The highest BCUT2D eigenvalue weighted by molar-refractivity contribution is 6.62. The molecule has 1 aliphatic carbocycles. The molecular formula is C41H53B5F5N3O6. The highest BCUT2D eigenvalue weighted by Crippen LogP contribution is 2.62. The Kier molecular flexibility index (Phi) is 16.9. The molecule has 2 aliphatic rings. The predicted molar refractivity (Wildman–Crippen MR) is 229 cm³/mol. The predicted octanol–water partition coefficient (Wildman–Crippen LogP) is 8.32. The zero-order valence-corrected chi connectivity index (χ0v) is 36.6. The topological polar surface area (TPSA) is 90.3 Å². The van der Waals surface area contributed by atoms with Crippen molar-refractivity contribution in [2.24, 2.45) is 5.41 Å². The fourth-order valence-electron chi connectivity index (χ4n) is 7.80. The molecule has 1 saturated carbocycles. The van der Waals surface area contributed by atoms with E-state index in [-0.39, 0.29) is 46.7 Å². The Morgan fingerprint density at radius 3 is 1.92 bits per heavy atom. The number of hydrogen-bond acceptors (Lipinski definition) is 7. The number of rotatable bonds is 7. The molecule has 1 amide bonds. The average molecular weight is 833 g/mol. The molecule has 1 aliphatic heterocycles. The van der Waals surface area contributed by atoms with Gasteiger partial charge in [0.05, 0.1) is 64.5 Å². The lowest BCUT2D eigenvalue weighted by atomic mass is 9.48. The van der Waals surface area contributed by atoms with E-state index in [9.17, 15) is 36.3 Å². The van der Waals surface area contributed by atoms with Crippen LogP contribution in [0, 0.1) is 12.3 Å². The number of nitrogens with zero attached hydrogens (tertiary/aromatic N) is 3. The number of hydrogen-bond donors (Lipinski definition) is 0. The van der Waals surface area contributed by atoms with E-state index >= 15 is 0 Å². The van der Waals surface area contributed by atoms with Gasteiger partial charge in [0, 0.05) is 41.7 Å². The van der Waals surface area contributed by atoms with Crippen molar-refractivity contribution in [3.8, 4) is 5.75 Å². The summed E-state index contributed by atoms with van der Waals surface area (Å²) in [6, 6.07) is 5.23. The van der Waals surface area contributed by atoms with Gasteiger partial charge in [-0.05, 0) is 93.2 Å². The second kappa shape index (κ2) is 19.4. The molecule has 1 unspecified atom stereocenters. The summed E-state index contributed by atoms with van der Waals surface area (Å²) >= 11 is 0.